The number of para-hydroxylation sites is 1. The maximum absolute atomic E-state index is 13.3. The van der Waals surface area contributed by atoms with Gasteiger partial charge in [-0.15, -0.1) is 0 Å². The minimum atomic E-state index is -0.435. The molecule has 0 amide bonds. The number of benzene rings is 2. The maximum atomic E-state index is 13.3. The van der Waals surface area contributed by atoms with Crippen molar-refractivity contribution in [2.45, 2.75) is 19.9 Å². The number of ketones is 1. The highest BCUT2D eigenvalue weighted by Gasteiger charge is 2.15. The van der Waals surface area contributed by atoms with Gasteiger partial charge in [-0.3, -0.25) is 19.1 Å². The highest BCUT2D eigenvalue weighted by molar-refractivity contribution is 5.95. The summed E-state index contributed by atoms with van der Waals surface area (Å²) in [6.07, 6.45) is 3.53. The van der Waals surface area contributed by atoms with Gasteiger partial charge in [0, 0.05) is 18.2 Å². The molecule has 2 aromatic heterocycles. The third-order valence-corrected chi connectivity index (χ3v) is 4.89. The van der Waals surface area contributed by atoms with Gasteiger partial charge in [0.05, 0.1) is 29.3 Å². The smallest absolute Gasteiger partial charge is 0.294 e. The van der Waals surface area contributed by atoms with E-state index in [0.717, 1.165) is 10.1 Å². The zero-order valence-electron chi connectivity index (χ0n) is 15.9. The number of carbonyl (C=O) groups excluding carboxylic acids is 1. The minimum Gasteiger partial charge on any atom is -0.294 e. The van der Waals surface area contributed by atoms with Gasteiger partial charge in [-0.1, -0.05) is 43.3 Å². The quantitative estimate of drug-likeness (QED) is 0.495. The molecule has 0 saturated carbocycles. The Morgan fingerprint density at radius 2 is 1.72 bits per heavy atom. The Morgan fingerprint density at radius 3 is 2.41 bits per heavy atom. The fourth-order valence-corrected chi connectivity index (χ4v) is 3.37. The topological polar surface area (TPSA) is 74.0 Å². The molecule has 0 radical (unpaired) electrons. The fraction of sp³-hybridized carbons (Fsp3) is 0.130. The lowest BCUT2D eigenvalue weighted by molar-refractivity contribution is 0.0988. The van der Waals surface area contributed by atoms with E-state index in [2.05, 4.69) is 4.98 Å². The number of rotatable bonds is 5. The average molecular weight is 385 g/mol. The Balaban J connectivity index is 1.89. The van der Waals surface area contributed by atoms with Crippen molar-refractivity contribution in [3.8, 4) is 5.69 Å². The lowest BCUT2D eigenvalue weighted by atomic mass is 10.1. The predicted octanol–water partition coefficient (Wildman–Crippen LogP) is 3.19. The second-order valence-corrected chi connectivity index (χ2v) is 6.71. The van der Waals surface area contributed by atoms with Gasteiger partial charge in [0.15, 0.2) is 5.78 Å². The summed E-state index contributed by atoms with van der Waals surface area (Å²) in [6.45, 7) is 2.10. The van der Waals surface area contributed by atoms with Crippen LogP contribution in [0.25, 0.3) is 16.6 Å². The first-order chi connectivity index (χ1) is 14.1. The van der Waals surface area contributed by atoms with Crippen LogP contribution in [-0.4, -0.2) is 19.9 Å². The summed E-state index contributed by atoms with van der Waals surface area (Å²) in [6, 6.07) is 17.6. The largest absolute Gasteiger partial charge is 0.336 e. The number of nitrogens with zero attached hydrogens (tertiary/aromatic N) is 3. The first-order valence-electron chi connectivity index (χ1n) is 9.37. The Bertz CT molecular complexity index is 1300. The summed E-state index contributed by atoms with van der Waals surface area (Å²) in [5.74, 6) is 0.0734. The normalized spacial score (nSPS) is 10.9. The third kappa shape index (κ3) is 3.40. The Morgan fingerprint density at radius 1 is 0.966 bits per heavy atom. The molecule has 0 aliphatic heterocycles. The zero-order valence-corrected chi connectivity index (χ0v) is 15.9. The molecule has 0 fully saturated rings. The van der Waals surface area contributed by atoms with E-state index in [1.54, 1.807) is 59.3 Å². The summed E-state index contributed by atoms with van der Waals surface area (Å²) in [5.41, 5.74) is 1.69. The number of aromatic nitrogens is 3. The fourth-order valence-electron chi connectivity index (χ4n) is 3.37. The molecule has 0 unspecified atom stereocenters. The molecule has 0 bridgehead atoms. The Kier molecular flexibility index (Phi) is 4.91. The Labute approximate surface area is 166 Å². The number of fused-ring (bicyclic) bond motifs is 1. The molecular weight excluding hydrogens is 366 g/mol. The molecule has 0 atom stereocenters. The van der Waals surface area contributed by atoms with E-state index in [1.807, 2.05) is 19.1 Å². The van der Waals surface area contributed by atoms with Crippen LogP contribution in [0.2, 0.25) is 0 Å². The molecule has 0 saturated heterocycles. The molecular formula is C23H19N3O3. The summed E-state index contributed by atoms with van der Waals surface area (Å²) in [4.78, 5) is 42.1. The van der Waals surface area contributed by atoms with Crippen LogP contribution in [0.5, 0.6) is 0 Å². The van der Waals surface area contributed by atoms with E-state index in [4.69, 9.17) is 0 Å². The second kappa shape index (κ2) is 7.67. The van der Waals surface area contributed by atoms with Crippen LogP contribution in [0.3, 0.4) is 0 Å². The van der Waals surface area contributed by atoms with E-state index >= 15 is 0 Å². The molecule has 4 aromatic rings. The van der Waals surface area contributed by atoms with Crippen molar-refractivity contribution < 1.29 is 4.79 Å². The van der Waals surface area contributed by atoms with Crippen LogP contribution in [-0.2, 0) is 6.54 Å². The van der Waals surface area contributed by atoms with Crippen molar-refractivity contribution in [2.75, 3.05) is 0 Å². The van der Waals surface area contributed by atoms with Gasteiger partial charge in [-0.25, -0.2) is 9.36 Å². The van der Waals surface area contributed by atoms with Crippen molar-refractivity contribution in [1.29, 1.82) is 0 Å². The molecule has 4 rings (SSSR count). The number of pyridine rings is 1. The van der Waals surface area contributed by atoms with Crippen LogP contribution < -0.4 is 11.2 Å². The lowest BCUT2D eigenvalue weighted by Crippen LogP contribution is -2.39. The Hall–Kier alpha value is -3.80. The van der Waals surface area contributed by atoms with E-state index in [9.17, 15) is 14.4 Å². The molecule has 0 spiro atoms. The maximum Gasteiger partial charge on any atom is 0.336 e. The van der Waals surface area contributed by atoms with Crippen LogP contribution in [0, 0.1) is 0 Å². The van der Waals surface area contributed by atoms with Crippen molar-refractivity contribution in [3.05, 3.63) is 105 Å². The third-order valence-electron chi connectivity index (χ3n) is 4.89. The summed E-state index contributed by atoms with van der Waals surface area (Å²) in [7, 11) is 0. The minimum absolute atomic E-state index is 0.0734. The number of hydrogen-bond acceptors (Lipinski definition) is 4. The highest BCUT2D eigenvalue weighted by Crippen LogP contribution is 2.13. The summed E-state index contributed by atoms with van der Waals surface area (Å²) >= 11 is 0. The van der Waals surface area contributed by atoms with Gasteiger partial charge in [0.2, 0.25) is 0 Å². The van der Waals surface area contributed by atoms with Gasteiger partial charge >= 0.3 is 5.69 Å². The van der Waals surface area contributed by atoms with E-state index in [-0.39, 0.29) is 17.9 Å². The van der Waals surface area contributed by atoms with Gasteiger partial charge in [0.1, 0.15) is 0 Å². The lowest BCUT2D eigenvalue weighted by Gasteiger charge is -2.14. The molecule has 2 heterocycles. The number of Topliss-reactive ketones (excluding diaryl/α,β-unsaturated/α-hetero) is 1. The van der Waals surface area contributed by atoms with E-state index in [0.29, 0.717) is 28.6 Å². The molecule has 6 heteroatoms. The average Bonchev–Trinajstić information content (AvgIpc) is 2.77. The monoisotopic (exact) mass is 385 g/mol. The predicted molar refractivity (Wildman–Crippen MR) is 112 cm³/mol. The molecule has 0 N–H and O–H groups in total. The van der Waals surface area contributed by atoms with Crippen LogP contribution in [0.15, 0.2) is 82.6 Å². The first kappa shape index (κ1) is 18.6. The van der Waals surface area contributed by atoms with Crippen molar-refractivity contribution >= 4 is 16.7 Å². The van der Waals surface area contributed by atoms with Crippen molar-refractivity contribution in [3.63, 3.8) is 0 Å². The number of hydrogen-bond donors (Lipinski definition) is 0. The van der Waals surface area contributed by atoms with Gasteiger partial charge < -0.3 is 0 Å². The molecule has 0 aliphatic carbocycles. The van der Waals surface area contributed by atoms with Crippen LogP contribution in [0.4, 0.5) is 0 Å². The SMILES string of the molecule is CCC(=O)c1ccc(Cn2c(=O)n(-c3cccnc3)c(=O)c3ccccc32)cc1. The van der Waals surface area contributed by atoms with E-state index in [1.165, 1.54) is 6.20 Å². The standard InChI is InChI=1S/C23H19N3O3/c1-2-21(27)17-11-9-16(10-12-17)15-25-20-8-4-3-7-19(20)22(28)26(23(25)29)18-6-5-13-24-14-18/h3-14H,2,15H2,1H3. The van der Waals surface area contributed by atoms with E-state index < -0.39 is 5.69 Å². The number of carbonyl (C=O) groups is 1. The van der Waals surface area contributed by atoms with Crippen LogP contribution in [0.1, 0.15) is 29.3 Å². The molecule has 2 aromatic carbocycles. The highest BCUT2D eigenvalue weighted by atomic mass is 16.2. The van der Waals surface area contributed by atoms with Gasteiger partial charge in [-0.05, 0) is 29.8 Å². The second-order valence-electron chi connectivity index (χ2n) is 6.71. The van der Waals surface area contributed by atoms with Crippen molar-refractivity contribution in [1.82, 2.24) is 14.1 Å². The molecule has 29 heavy (non-hydrogen) atoms. The van der Waals surface area contributed by atoms with Crippen LogP contribution >= 0.6 is 0 Å². The molecule has 144 valence electrons. The van der Waals surface area contributed by atoms with Gasteiger partial charge in [-0.2, -0.15) is 0 Å². The summed E-state index contributed by atoms with van der Waals surface area (Å²) in [5, 5.41) is 0.453. The zero-order chi connectivity index (χ0) is 20.4. The molecule has 0 aliphatic rings. The summed E-state index contributed by atoms with van der Waals surface area (Å²) < 4.78 is 2.71. The first-order valence-corrected chi connectivity index (χ1v) is 9.37. The van der Waals surface area contributed by atoms with Gasteiger partial charge in [0.25, 0.3) is 5.56 Å². The molecule has 6 nitrogen and oxygen atoms in total. The van der Waals surface area contributed by atoms with Crippen molar-refractivity contribution in [2.24, 2.45) is 0 Å².